The highest BCUT2D eigenvalue weighted by atomic mass is 16.5. The number of nitrogens with zero attached hydrogens (tertiary/aromatic N) is 2. The van der Waals surface area contributed by atoms with E-state index in [1.807, 2.05) is 52.0 Å². The molecule has 1 N–H and O–H groups in total. The molecule has 0 spiro atoms. The van der Waals surface area contributed by atoms with Crippen LogP contribution in [0.4, 0.5) is 0 Å². The molecule has 1 heterocycles. The van der Waals surface area contributed by atoms with Crippen molar-refractivity contribution in [2.45, 2.75) is 51.9 Å². The van der Waals surface area contributed by atoms with Gasteiger partial charge in [-0.15, -0.1) is 0 Å². The van der Waals surface area contributed by atoms with Gasteiger partial charge in [0.2, 0.25) is 11.8 Å². The van der Waals surface area contributed by atoms with E-state index in [-0.39, 0.29) is 17.2 Å². The van der Waals surface area contributed by atoms with Crippen LogP contribution < -0.4 is 10.1 Å². The molecule has 1 aromatic carbocycles. The zero-order valence-electron chi connectivity index (χ0n) is 15.6. The van der Waals surface area contributed by atoms with Crippen molar-refractivity contribution in [3.05, 3.63) is 41.5 Å². The van der Waals surface area contributed by atoms with Crippen molar-refractivity contribution in [1.82, 2.24) is 15.5 Å². The first kappa shape index (κ1) is 19.0. The minimum absolute atomic E-state index is 0.0165. The zero-order valence-corrected chi connectivity index (χ0v) is 15.6. The Labute approximate surface area is 149 Å². The summed E-state index contributed by atoms with van der Waals surface area (Å²) in [6.45, 7) is 8.60. The van der Waals surface area contributed by atoms with Gasteiger partial charge in [0.1, 0.15) is 5.75 Å². The van der Waals surface area contributed by atoms with E-state index in [1.54, 1.807) is 7.11 Å². The Hall–Kier alpha value is -2.37. The lowest BCUT2D eigenvalue weighted by Crippen LogP contribution is -2.27. The van der Waals surface area contributed by atoms with Crippen LogP contribution >= 0.6 is 0 Å². The van der Waals surface area contributed by atoms with Crippen LogP contribution in [0, 0.1) is 0 Å². The summed E-state index contributed by atoms with van der Waals surface area (Å²) in [5.41, 5.74) is 0.950. The van der Waals surface area contributed by atoms with Crippen LogP contribution in [0.15, 0.2) is 28.8 Å². The Morgan fingerprint density at radius 3 is 2.52 bits per heavy atom. The van der Waals surface area contributed by atoms with Gasteiger partial charge in [-0.2, -0.15) is 4.98 Å². The van der Waals surface area contributed by atoms with E-state index in [4.69, 9.17) is 9.26 Å². The molecule has 1 unspecified atom stereocenters. The van der Waals surface area contributed by atoms with Gasteiger partial charge < -0.3 is 14.6 Å². The second-order valence-electron chi connectivity index (χ2n) is 7.24. The minimum atomic E-state index is -0.164. The maximum atomic E-state index is 12.1. The molecule has 1 amide bonds. The normalized spacial score (nSPS) is 12.7. The number of ether oxygens (including phenoxy) is 1. The van der Waals surface area contributed by atoms with Gasteiger partial charge in [-0.3, -0.25) is 4.79 Å². The molecule has 1 aromatic heterocycles. The first-order valence-electron chi connectivity index (χ1n) is 8.53. The quantitative estimate of drug-likeness (QED) is 0.833. The lowest BCUT2D eigenvalue weighted by Gasteiger charge is -2.12. The van der Waals surface area contributed by atoms with Crippen molar-refractivity contribution in [3.8, 4) is 5.75 Å². The molecule has 2 aromatic rings. The summed E-state index contributed by atoms with van der Waals surface area (Å²) in [6, 6.07) is 7.80. The molecule has 0 bridgehead atoms. The SMILES string of the molecule is COc1ccc(C(C)CC(=O)NCCc2noc(C(C)(C)C)n2)cc1. The summed E-state index contributed by atoms with van der Waals surface area (Å²) >= 11 is 0. The van der Waals surface area contributed by atoms with Crippen LogP contribution in [0.2, 0.25) is 0 Å². The summed E-state index contributed by atoms with van der Waals surface area (Å²) < 4.78 is 10.4. The van der Waals surface area contributed by atoms with E-state index >= 15 is 0 Å². The predicted octanol–water partition coefficient (Wildman–Crippen LogP) is 3.23. The third-order valence-corrected chi connectivity index (χ3v) is 3.96. The lowest BCUT2D eigenvalue weighted by atomic mass is 9.97. The summed E-state index contributed by atoms with van der Waals surface area (Å²) in [7, 11) is 1.64. The van der Waals surface area contributed by atoms with E-state index in [9.17, 15) is 4.79 Å². The monoisotopic (exact) mass is 345 g/mol. The van der Waals surface area contributed by atoms with E-state index < -0.39 is 0 Å². The molecule has 136 valence electrons. The van der Waals surface area contributed by atoms with Gasteiger partial charge in [0.15, 0.2) is 5.82 Å². The number of amides is 1. The van der Waals surface area contributed by atoms with Crippen LogP contribution in [0.25, 0.3) is 0 Å². The predicted molar refractivity (Wildman–Crippen MR) is 95.7 cm³/mol. The second kappa shape index (κ2) is 8.14. The molecule has 0 saturated heterocycles. The summed E-state index contributed by atoms with van der Waals surface area (Å²) in [4.78, 5) is 16.5. The van der Waals surface area contributed by atoms with Crippen LogP contribution in [-0.4, -0.2) is 29.7 Å². The number of carbonyl (C=O) groups is 1. The van der Waals surface area contributed by atoms with Crippen molar-refractivity contribution in [3.63, 3.8) is 0 Å². The largest absolute Gasteiger partial charge is 0.497 e. The number of rotatable bonds is 7. The standard InChI is InChI=1S/C19H27N3O3/c1-13(14-6-8-15(24-5)9-7-14)12-17(23)20-11-10-16-21-18(25-22-16)19(2,3)4/h6-9,13H,10-12H2,1-5H3,(H,20,23). The van der Waals surface area contributed by atoms with E-state index in [0.29, 0.717) is 31.1 Å². The fraction of sp³-hybridized carbons (Fsp3) is 0.526. The smallest absolute Gasteiger partial charge is 0.232 e. The third-order valence-electron chi connectivity index (χ3n) is 3.96. The maximum Gasteiger partial charge on any atom is 0.232 e. The minimum Gasteiger partial charge on any atom is -0.497 e. The molecule has 0 aliphatic rings. The molecule has 2 rings (SSSR count). The lowest BCUT2D eigenvalue weighted by molar-refractivity contribution is -0.121. The Morgan fingerprint density at radius 1 is 1.28 bits per heavy atom. The highest BCUT2D eigenvalue weighted by molar-refractivity contribution is 5.76. The van der Waals surface area contributed by atoms with Gasteiger partial charge in [-0.25, -0.2) is 0 Å². The van der Waals surface area contributed by atoms with Crippen molar-refractivity contribution in [1.29, 1.82) is 0 Å². The average molecular weight is 345 g/mol. The number of hydrogen-bond acceptors (Lipinski definition) is 5. The highest BCUT2D eigenvalue weighted by Crippen LogP contribution is 2.22. The molecule has 6 nitrogen and oxygen atoms in total. The van der Waals surface area contributed by atoms with Crippen LogP contribution in [0.3, 0.4) is 0 Å². The third kappa shape index (κ3) is 5.59. The van der Waals surface area contributed by atoms with Gasteiger partial charge in [0.25, 0.3) is 0 Å². The van der Waals surface area contributed by atoms with E-state index in [0.717, 1.165) is 11.3 Å². The van der Waals surface area contributed by atoms with Gasteiger partial charge in [0.05, 0.1) is 7.11 Å². The fourth-order valence-corrected chi connectivity index (χ4v) is 2.37. The number of nitrogens with one attached hydrogen (secondary N) is 1. The Morgan fingerprint density at radius 2 is 1.96 bits per heavy atom. The van der Waals surface area contributed by atoms with Crippen LogP contribution in [-0.2, 0) is 16.6 Å². The highest BCUT2D eigenvalue weighted by Gasteiger charge is 2.21. The van der Waals surface area contributed by atoms with Gasteiger partial charge in [0, 0.05) is 24.8 Å². The van der Waals surface area contributed by atoms with Crippen molar-refractivity contribution in [2.24, 2.45) is 0 Å². The topological polar surface area (TPSA) is 77.2 Å². The molecule has 0 fully saturated rings. The van der Waals surface area contributed by atoms with E-state index in [2.05, 4.69) is 15.5 Å². The molecule has 0 saturated carbocycles. The van der Waals surface area contributed by atoms with Gasteiger partial charge in [-0.05, 0) is 23.6 Å². The first-order valence-corrected chi connectivity index (χ1v) is 8.53. The first-order chi connectivity index (χ1) is 11.8. The molecule has 25 heavy (non-hydrogen) atoms. The number of benzene rings is 1. The molecule has 0 aliphatic carbocycles. The molecule has 6 heteroatoms. The van der Waals surface area contributed by atoms with Crippen molar-refractivity contribution in [2.75, 3.05) is 13.7 Å². The summed E-state index contributed by atoms with van der Waals surface area (Å²) in [6.07, 6.45) is 0.994. The molecular weight excluding hydrogens is 318 g/mol. The second-order valence-corrected chi connectivity index (χ2v) is 7.24. The molecular formula is C19H27N3O3. The average Bonchev–Trinajstić information content (AvgIpc) is 3.04. The fourth-order valence-electron chi connectivity index (χ4n) is 2.37. The number of aromatic nitrogens is 2. The Bertz CT molecular complexity index is 687. The maximum absolute atomic E-state index is 12.1. The van der Waals surface area contributed by atoms with Gasteiger partial charge in [-0.1, -0.05) is 45.0 Å². The van der Waals surface area contributed by atoms with Crippen LogP contribution in [0.1, 0.15) is 57.3 Å². The summed E-state index contributed by atoms with van der Waals surface area (Å²) in [5, 5.41) is 6.87. The van der Waals surface area contributed by atoms with Crippen molar-refractivity contribution >= 4 is 5.91 Å². The summed E-state index contributed by atoms with van der Waals surface area (Å²) in [5.74, 6) is 2.21. The van der Waals surface area contributed by atoms with Crippen LogP contribution in [0.5, 0.6) is 5.75 Å². The molecule has 0 radical (unpaired) electrons. The van der Waals surface area contributed by atoms with Crippen molar-refractivity contribution < 1.29 is 14.1 Å². The number of hydrogen-bond donors (Lipinski definition) is 1. The molecule has 1 atom stereocenters. The number of carbonyl (C=O) groups excluding carboxylic acids is 1. The Balaban J connectivity index is 1.77. The molecule has 0 aliphatic heterocycles. The Kier molecular flexibility index (Phi) is 6.17. The zero-order chi connectivity index (χ0) is 18.4. The van der Waals surface area contributed by atoms with Gasteiger partial charge >= 0.3 is 0 Å². The van der Waals surface area contributed by atoms with E-state index in [1.165, 1.54) is 0 Å². The number of methoxy groups -OCH3 is 1.